The second kappa shape index (κ2) is 6.51. The van der Waals surface area contributed by atoms with E-state index < -0.39 is 29.9 Å². The van der Waals surface area contributed by atoms with Crippen LogP contribution in [0.5, 0.6) is 0 Å². The molecule has 0 aliphatic rings. The van der Waals surface area contributed by atoms with Gasteiger partial charge in [0.05, 0.1) is 5.56 Å². The largest absolute Gasteiger partial charge is 0.416 e. The first kappa shape index (κ1) is 18.4. The van der Waals surface area contributed by atoms with Crippen LogP contribution in [-0.2, 0) is 10.9 Å². The van der Waals surface area contributed by atoms with E-state index in [1.54, 1.807) is 0 Å². The van der Waals surface area contributed by atoms with E-state index >= 15 is 0 Å². The molecule has 0 saturated carbocycles. The maximum Gasteiger partial charge on any atom is 0.416 e. The van der Waals surface area contributed by atoms with Crippen LogP contribution >= 0.6 is 0 Å². The van der Waals surface area contributed by atoms with Crippen LogP contribution in [0.1, 0.15) is 38.2 Å². The van der Waals surface area contributed by atoms with Crippen LogP contribution in [0.3, 0.4) is 0 Å². The smallest absolute Gasteiger partial charge is 0.358 e. The second-order valence-electron chi connectivity index (χ2n) is 5.67. The maximum absolute atomic E-state index is 13.6. The molecule has 1 atom stereocenters. The predicted molar refractivity (Wildman–Crippen MR) is 76.2 cm³/mol. The SMILES string of the molecule is CC(OC(F)(F)C(C)C)c1cc(-c2ccc(C(F)(F)F)cc2)no1. The highest BCUT2D eigenvalue weighted by Gasteiger charge is 2.37. The zero-order chi connectivity index (χ0) is 18.1. The highest BCUT2D eigenvalue weighted by atomic mass is 19.4. The molecule has 1 unspecified atom stereocenters. The van der Waals surface area contributed by atoms with E-state index in [0.29, 0.717) is 5.56 Å². The molecular formula is C16H16F5NO2. The monoisotopic (exact) mass is 349 g/mol. The molecule has 3 nitrogen and oxygen atoms in total. The van der Waals surface area contributed by atoms with Gasteiger partial charge in [-0.05, 0) is 19.1 Å². The molecule has 0 amide bonds. The van der Waals surface area contributed by atoms with Gasteiger partial charge in [0, 0.05) is 17.5 Å². The summed E-state index contributed by atoms with van der Waals surface area (Å²) < 4.78 is 74.4. The van der Waals surface area contributed by atoms with Crippen molar-refractivity contribution >= 4 is 0 Å². The topological polar surface area (TPSA) is 35.3 Å². The summed E-state index contributed by atoms with van der Waals surface area (Å²) >= 11 is 0. The molecule has 132 valence electrons. The number of hydrogen-bond donors (Lipinski definition) is 0. The van der Waals surface area contributed by atoms with Crippen molar-refractivity contribution in [3.05, 3.63) is 41.7 Å². The fourth-order valence-corrected chi connectivity index (χ4v) is 1.88. The molecule has 0 aliphatic heterocycles. The highest BCUT2D eigenvalue weighted by molar-refractivity contribution is 5.59. The first-order valence-corrected chi connectivity index (χ1v) is 7.20. The van der Waals surface area contributed by atoms with Crippen LogP contribution < -0.4 is 0 Å². The van der Waals surface area contributed by atoms with Crippen LogP contribution in [0.15, 0.2) is 34.9 Å². The van der Waals surface area contributed by atoms with Crippen molar-refractivity contribution in [3.63, 3.8) is 0 Å². The fraction of sp³-hybridized carbons (Fsp3) is 0.438. The van der Waals surface area contributed by atoms with E-state index in [9.17, 15) is 22.0 Å². The maximum atomic E-state index is 13.6. The van der Waals surface area contributed by atoms with Crippen LogP contribution in [0, 0.1) is 5.92 Å². The summed E-state index contributed by atoms with van der Waals surface area (Å²) in [4.78, 5) is 0. The Morgan fingerprint density at radius 1 is 1.00 bits per heavy atom. The highest BCUT2D eigenvalue weighted by Crippen LogP contribution is 2.34. The molecule has 0 bridgehead atoms. The van der Waals surface area contributed by atoms with Gasteiger partial charge < -0.3 is 9.26 Å². The van der Waals surface area contributed by atoms with Gasteiger partial charge in [-0.3, -0.25) is 0 Å². The van der Waals surface area contributed by atoms with Gasteiger partial charge in [0.25, 0.3) is 0 Å². The molecule has 0 N–H and O–H groups in total. The molecule has 2 rings (SSSR count). The summed E-state index contributed by atoms with van der Waals surface area (Å²) in [7, 11) is 0. The predicted octanol–water partition coefficient (Wildman–Crippen LogP) is 5.69. The number of aromatic nitrogens is 1. The first-order chi connectivity index (χ1) is 11.0. The van der Waals surface area contributed by atoms with E-state index in [1.807, 2.05) is 0 Å². The number of rotatable bonds is 5. The second-order valence-corrected chi connectivity index (χ2v) is 5.67. The quantitative estimate of drug-likeness (QED) is 0.651. The van der Waals surface area contributed by atoms with Gasteiger partial charge >= 0.3 is 12.3 Å². The van der Waals surface area contributed by atoms with Crippen molar-refractivity contribution in [3.8, 4) is 11.3 Å². The van der Waals surface area contributed by atoms with Crippen LogP contribution in [-0.4, -0.2) is 11.3 Å². The molecular weight excluding hydrogens is 333 g/mol. The molecule has 8 heteroatoms. The lowest BCUT2D eigenvalue weighted by Gasteiger charge is -2.23. The molecule has 1 heterocycles. The Morgan fingerprint density at radius 2 is 1.58 bits per heavy atom. The molecule has 0 fully saturated rings. The number of halogens is 5. The third-order valence-corrected chi connectivity index (χ3v) is 3.44. The summed E-state index contributed by atoms with van der Waals surface area (Å²) in [6, 6.07) is 5.66. The van der Waals surface area contributed by atoms with Crippen LogP contribution in [0.4, 0.5) is 22.0 Å². The number of ether oxygens (including phenoxy) is 1. The minimum absolute atomic E-state index is 0.0604. The first-order valence-electron chi connectivity index (χ1n) is 7.20. The lowest BCUT2D eigenvalue weighted by atomic mass is 10.1. The zero-order valence-electron chi connectivity index (χ0n) is 13.2. The Morgan fingerprint density at radius 3 is 2.08 bits per heavy atom. The van der Waals surface area contributed by atoms with Gasteiger partial charge in [0.15, 0.2) is 5.76 Å². The Balaban J connectivity index is 2.16. The summed E-state index contributed by atoms with van der Waals surface area (Å²) in [5, 5.41) is 3.69. The van der Waals surface area contributed by atoms with Gasteiger partial charge in [-0.2, -0.15) is 22.0 Å². The Labute approximate surface area is 135 Å². The van der Waals surface area contributed by atoms with Crippen molar-refractivity contribution < 1.29 is 31.2 Å². The Bertz CT molecular complexity index is 677. The molecule has 24 heavy (non-hydrogen) atoms. The zero-order valence-corrected chi connectivity index (χ0v) is 13.2. The molecule has 0 saturated heterocycles. The van der Waals surface area contributed by atoms with Gasteiger partial charge in [0.2, 0.25) is 0 Å². The number of alkyl halides is 5. The van der Waals surface area contributed by atoms with Crippen molar-refractivity contribution in [2.24, 2.45) is 5.92 Å². The minimum Gasteiger partial charge on any atom is -0.358 e. The lowest BCUT2D eigenvalue weighted by molar-refractivity contribution is -0.288. The van der Waals surface area contributed by atoms with E-state index in [1.165, 1.54) is 39.0 Å². The van der Waals surface area contributed by atoms with Crippen LogP contribution in [0.2, 0.25) is 0 Å². The number of nitrogens with zero attached hydrogens (tertiary/aromatic N) is 1. The van der Waals surface area contributed by atoms with Gasteiger partial charge in [-0.25, -0.2) is 0 Å². The van der Waals surface area contributed by atoms with Gasteiger partial charge in [0.1, 0.15) is 11.8 Å². The summed E-state index contributed by atoms with van der Waals surface area (Å²) in [5.74, 6) is -0.956. The van der Waals surface area contributed by atoms with E-state index in [0.717, 1.165) is 12.1 Å². The van der Waals surface area contributed by atoms with Gasteiger partial charge in [-0.15, -0.1) is 0 Å². The molecule has 1 aromatic heterocycles. The average molecular weight is 349 g/mol. The molecule has 2 aromatic rings. The van der Waals surface area contributed by atoms with Crippen molar-refractivity contribution in [2.75, 3.05) is 0 Å². The fourth-order valence-electron chi connectivity index (χ4n) is 1.88. The molecule has 1 aromatic carbocycles. The average Bonchev–Trinajstić information content (AvgIpc) is 2.95. The minimum atomic E-state index is -4.43. The lowest BCUT2D eigenvalue weighted by Crippen LogP contribution is -2.28. The van der Waals surface area contributed by atoms with E-state index in [4.69, 9.17) is 4.52 Å². The molecule has 0 radical (unpaired) electrons. The standard InChI is InChI=1S/C16H16F5NO2/c1-9(2)16(20,21)23-10(3)14-8-13(22-24-14)11-4-6-12(7-5-11)15(17,18)19/h4-10H,1-3H3. The Hall–Kier alpha value is -1.96. The summed E-state index contributed by atoms with van der Waals surface area (Å²) in [6.07, 6.45) is -8.82. The van der Waals surface area contributed by atoms with Gasteiger partial charge in [-0.1, -0.05) is 31.1 Å². The third-order valence-electron chi connectivity index (χ3n) is 3.44. The Kier molecular flexibility index (Phi) is 4.98. The molecule has 0 aliphatic carbocycles. The third kappa shape index (κ3) is 4.11. The van der Waals surface area contributed by atoms with Crippen molar-refractivity contribution in [2.45, 2.75) is 39.2 Å². The molecule has 0 spiro atoms. The van der Waals surface area contributed by atoms with Crippen molar-refractivity contribution in [1.82, 2.24) is 5.16 Å². The van der Waals surface area contributed by atoms with E-state index in [-0.39, 0.29) is 11.5 Å². The van der Waals surface area contributed by atoms with E-state index in [2.05, 4.69) is 9.89 Å². The summed E-state index contributed by atoms with van der Waals surface area (Å²) in [6.45, 7) is 4.02. The summed E-state index contributed by atoms with van der Waals surface area (Å²) in [5.41, 5.74) is -0.175. The number of benzene rings is 1. The normalized spacial score (nSPS) is 14.2. The number of hydrogen-bond acceptors (Lipinski definition) is 3. The van der Waals surface area contributed by atoms with Crippen molar-refractivity contribution in [1.29, 1.82) is 0 Å². The van der Waals surface area contributed by atoms with Crippen LogP contribution in [0.25, 0.3) is 11.3 Å².